The van der Waals surface area contributed by atoms with Gasteiger partial charge in [0.15, 0.2) is 5.78 Å². The van der Waals surface area contributed by atoms with E-state index in [4.69, 9.17) is 17.3 Å². The molecule has 2 heterocycles. The lowest BCUT2D eigenvalue weighted by molar-refractivity contribution is 0.101. The van der Waals surface area contributed by atoms with E-state index in [1.165, 1.54) is 6.92 Å². The van der Waals surface area contributed by atoms with Gasteiger partial charge >= 0.3 is 0 Å². The number of nitrogen functional groups attached to an aromatic ring is 1. The topological polar surface area (TPSA) is 68.0 Å². The van der Waals surface area contributed by atoms with Crippen molar-refractivity contribution in [1.82, 2.24) is 4.98 Å². The molecule has 0 bridgehead atoms. The van der Waals surface area contributed by atoms with Gasteiger partial charge in [-0.1, -0.05) is 17.7 Å². The number of hydrogen-bond donors (Lipinski definition) is 2. The number of anilines is 2. The van der Waals surface area contributed by atoms with Gasteiger partial charge in [0.25, 0.3) is 0 Å². The highest BCUT2D eigenvalue weighted by molar-refractivity contribution is 6.34. The number of carbonyl (C=O) groups is 1. The van der Waals surface area contributed by atoms with Crippen molar-refractivity contribution in [2.24, 2.45) is 0 Å². The molecule has 5 heteroatoms. The summed E-state index contributed by atoms with van der Waals surface area (Å²) in [5.74, 6) is 0.846. The predicted octanol–water partition coefficient (Wildman–Crippen LogP) is 3.64. The van der Waals surface area contributed by atoms with E-state index in [2.05, 4.69) is 10.3 Å². The zero-order valence-electron chi connectivity index (χ0n) is 12.2. The Balaban J connectivity index is 1.88. The Morgan fingerprint density at radius 3 is 2.86 bits per heavy atom. The van der Waals surface area contributed by atoms with Gasteiger partial charge in [0.05, 0.1) is 5.02 Å². The maximum Gasteiger partial charge on any atom is 0.161 e. The molecule has 2 aliphatic rings. The van der Waals surface area contributed by atoms with E-state index in [-0.39, 0.29) is 11.2 Å². The Morgan fingerprint density at radius 2 is 2.18 bits per heavy atom. The molecule has 0 atom stereocenters. The third kappa shape index (κ3) is 1.83. The lowest BCUT2D eigenvalue weighted by Crippen LogP contribution is -2.09. The first kappa shape index (κ1) is 13.6. The first-order valence-electron chi connectivity index (χ1n) is 7.35. The number of ketones is 1. The summed E-state index contributed by atoms with van der Waals surface area (Å²) < 4.78 is 0. The van der Waals surface area contributed by atoms with Crippen LogP contribution in [0.15, 0.2) is 24.4 Å². The van der Waals surface area contributed by atoms with Crippen LogP contribution in [0.25, 0.3) is 11.1 Å². The Hall–Kier alpha value is -2.07. The lowest BCUT2D eigenvalue weighted by atomic mass is 9.95. The van der Waals surface area contributed by atoms with Crippen LogP contribution in [0.2, 0.25) is 5.02 Å². The number of nitrogens with zero attached hydrogens (tertiary/aromatic N) is 1. The van der Waals surface area contributed by atoms with Crippen molar-refractivity contribution in [3.05, 3.63) is 40.5 Å². The summed E-state index contributed by atoms with van der Waals surface area (Å²) in [6.45, 7) is 2.43. The van der Waals surface area contributed by atoms with Crippen molar-refractivity contribution in [3.8, 4) is 11.1 Å². The van der Waals surface area contributed by atoms with Crippen LogP contribution < -0.4 is 11.1 Å². The van der Waals surface area contributed by atoms with Gasteiger partial charge < -0.3 is 11.1 Å². The number of Topliss-reactive ketones (excluding diaryl/α,β-unsaturated/α-hetero) is 1. The minimum absolute atomic E-state index is 0.0510. The molecule has 3 N–H and O–H groups in total. The average molecular weight is 314 g/mol. The number of halogens is 1. The van der Waals surface area contributed by atoms with Gasteiger partial charge in [-0.3, -0.25) is 4.79 Å². The number of aromatic nitrogens is 1. The maximum atomic E-state index is 11.7. The number of pyridine rings is 1. The minimum Gasteiger partial charge on any atom is -0.398 e. The second-order valence-electron chi connectivity index (χ2n) is 6.20. The number of nitrogens with two attached hydrogens (primary N) is 1. The molecule has 1 aromatic heterocycles. The normalized spacial score (nSPS) is 17.2. The van der Waals surface area contributed by atoms with E-state index >= 15 is 0 Å². The third-order valence-corrected chi connectivity index (χ3v) is 5.13. The number of rotatable bonds is 2. The zero-order valence-corrected chi connectivity index (χ0v) is 13.0. The van der Waals surface area contributed by atoms with E-state index in [0.29, 0.717) is 11.3 Å². The van der Waals surface area contributed by atoms with E-state index in [1.54, 1.807) is 18.3 Å². The number of carbonyl (C=O) groups excluding carboxylic acids is 1. The fourth-order valence-electron chi connectivity index (χ4n) is 3.26. The Kier molecular flexibility index (Phi) is 2.76. The van der Waals surface area contributed by atoms with Crippen LogP contribution in [0.4, 0.5) is 11.5 Å². The van der Waals surface area contributed by atoms with Crippen LogP contribution in [-0.4, -0.2) is 17.3 Å². The summed E-state index contributed by atoms with van der Waals surface area (Å²) in [5, 5.41) is 4.08. The van der Waals surface area contributed by atoms with Gasteiger partial charge in [-0.15, -0.1) is 0 Å². The highest BCUT2D eigenvalue weighted by Crippen LogP contribution is 2.57. The van der Waals surface area contributed by atoms with Crippen molar-refractivity contribution in [2.75, 3.05) is 17.6 Å². The Labute approximate surface area is 133 Å². The third-order valence-electron chi connectivity index (χ3n) is 4.74. The molecule has 4 nitrogen and oxygen atoms in total. The van der Waals surface area contributed by atoms with Crippen LogP contribution in [-0.2, 0) is 5.41 Å². The molecule has 0 amide bonds. The summed E-state index contributed by atoms with van der Waals surface area (Å²) in [6.07, 6.45) is 4.07. The molecule has 1 aliphatic heterocycles. The van der Waals surface area contributed by atoms with E-state index in [0.717, 1.165) is 46.9 Å². The first-order valence-corrected chi connectivity index (χ1v) is 7.73. The standard InChI is InChI=1S/C17H16ClN3O/c1-9(22)11-6-10(2-3-13(11)19)12-7-20-16-14(15(12)18)17(4-5-17)8-21-16/h2-3,6-7H,4-5,8,19H2,1H3,(H,20,21). The van der Waals surface area contributed by atoms with Gasteiger partial charge in [-0.25, -0.2) is 4.98 Å². The molecule has 22 heavy (non-hydrogen) atoms. The molecule has 1 fully saturated rings. The maximum absolute atomic E-state index is 11.7. The van der Waals surface area contributed by atoms with Crippen molar-refractivity contribution in [2.45, 2.75) is 25.2 Å². The molecule has 0 radical (unpaired) electrons. The van der Waals surface area contributed by atoms with Crippen LogP contribution in [0.3, 0.4) is 0 Å². The van der Waals surface area contributed by atoms with Crippen LogP contribution in [0.5, 0.6) is 0 Å². The minimum atomic E-state index is -0.0510. The summed E-state index contributed by atoms with van der Waals surface area (Å²) in [4.78, 5) is 16.2. The number of nitrogens with one attached hydrogen (secondary N) is 1. The second kappa shape index (κ2) is 4.46. The van der Waals surface area contributed by atoms with Crippen molar-refractivity contribution < 1.29 is 4.79 Å². The Morgan fingerprint density at radius 1 is 1.41 bits per heavy atom. The largest absolute Gasteiger partial charge is 0.398 e. The summed E-state index contributed by atoms with van der Waals surface area (Å²) in [5.41, 5.74) is 9.92. The van der Waals surface area contributed by atoms with Crippen LogP contribution in [0.1, 0.15) is 35.7 Å². The molecular formula is C17H16ClN3O. The molecule has 1 aromatic carbocycles. The second-order valence-corrected chi connectivity index (χ2v) is 6.58. The number of benzene rings is 1. The van der Waals surface area contributed by atoms with Crippen molar-refractivity contribution in [3.63, 3.8) is 0 Å². The van der Waals surface area contributed by atoms with Gasteiger partial charge in [-0.2, -0.15) is 0 Å². The van der Waals surface area contributed by atoms with Crippen molar-refractivity contribution >= 4 is 28.9 Å². The van der Waals surface area contributed by atoms with Crippen LogP contribution >= 0.6 is 11.6 Å². The van der Waals surface area contributed by atoms with E-state index in [1.807, 2.05) is 6.07 Å². The molecule has 4 rings (SSSR count). The molecule has 0 saturated heterocycles. The van der Waals surface area contributed by atoms with Gasteiger partial charge in [-0.05, 0) is 37.5 Å². The van der Waals surface area contributed by atoms with Gasteiger partial charge in [0.2, 0.25) is 0 Å². The number of fused-ring (bicyclic) bond motifs is 2. The molecule has 1 aliphatic carbocycles. The smallest absolute Gasteiger partial charge is 0.161 e. The van der Waals surface area contributed by atoms with Gasteiger partial charge in [0, 0.05) is 40.5 Å². The summed E-state index contributed by atoms with van der Waals surface area (Å²) in [6, 6.07) is 5.44. The summed E-state index contributed by atoms with van der Waals surface area (Å²) in [7, 11) is 0. The molecule has 2 aromatic rings. The molecular weight excluding hydrogens is 298 g/mol. The first-order chi connectivity index (χ1) is 10.5. The highest BCUT2D eigenvalue weighted by atomic mass is 35.5. The van der Waals surface area contributed by atoms with Gasteiger partial charge in [0.1, 0.15) is 5.82 Å². The monoisotopic (exact) mass is 313 g/mol. The van der Waals surface area contributed by atoms with Crippen molar-refractivity contribution in [1.29, 1.82) is 0 Å². The van der Waals surface area contributed by atoms with E-state index < -0.39 is 0 Å². The quantitative estimate of drug-likeness (QED) is 0.656. The van der Waals surface area contributed by atoms with E-state index in [9.17, 15) is 4.79 Å². The average Bonchev–Trinajstić information content (AvgIpc) is 3.16. The highest BCUT2D eigenvalue weighted by Gasteiger charge is 2.51. The fourth-order valence-corrected chi connectivity index (χ4v) is 3.70. The SMILES string of the molecule is CC(=O)c1cc(-c2cnc3c(c2Cl)C2(CC2)CN3)ccc1N. The molecule has 1 saturated carbocycles. The molecule has 1 spiro atoms. The zero-order chi connectivity index (χ0) is 15.5. The predicted molar refractivity (Wildman–Crippen MR) is 88.5 cm³/mol. The molecule has 0 unspecified atom stereocenters. The fraction of sp³-hybridized carbons (Fsp3) is 0.294. The van der Waals surface area contributed by atoms with Crippen LogP contribution in [0, 0.1) is 0 Å². The Bertz CT molecular complexity index is 812. The number of hydrogen-bond acceptors (Lipinski definition) is 4. The lowest BCUT2D eigenvalue weighted by Gasteiger charge is -2.13. The summed E-state index contributed by atoms with van der Waals surface area (Å²) >= 11 is 6.69. The molecule has 112 valence electrons.